The van der Waals surface area contributed by atoms with Gasteiger partial charge in [-0.1, -0.05) is 12.1 Å². The highest BCUT2D eigenvalue weighted by Gasteiger charge is 2.36. The summed E-state index contributed by atoms with van der Waals surface area (Å²) in [5.74, 6) is 0.902. The standard InChI is InChI=1S/C20H22N2O2/c23-19-17-5-1-2-6-18(17)20(24)22(19)14-16-9-7-15(8-10-16)13-21-11-3-4-12-21/h1-6,11-12,15-16H,7-10,13-14H2. The van der Waals surface area contributed by atoms with Gasteiger partial charge in [-0.25, -0.2) is 0 Å². The maximum Gasteiger partial charge on any atom is 0.261 e. The second-order valence-corrected chi connectivity index (χ2v) is 7.03. The van der Waals surface area contributed by atoms with Crippen LogP contribution in [0.1, 0.15) is 46.4 Å². The number of amides is 2. The van der Waals surface area contributed by atoms with Gasteiger partial charge in [0.05, 0.1) is 11.1 Å². The second-order valence-electron chi connectivity index (χ2n) is 7.03. The fourth-order valence-electron chi connectivity index (χ4n) is 4.05. The van der Waals surface area contributed by atoms with Crippen LogP contribution in [-0.4, -0.2) is 27.8 Å². The largest absolute Gasteiger partial charge is 0.354 e. The number of aromatic nitrogens is 1. The number of hydrogen-bond donors (Lipinski definition) is 0. The van der Waals surface area contributed by atoms with Crippen molar-refractivity contribution in [3.05, 3.63) is 59.9 Å². The van der Waals surface area contributed by atoms with Crippen molar-refractivity contribution < 1.29 is 9.59 Å². The number of fused-ring (bicyclic) bond motifs is 1. The highest BCUT2D eigenvalue weighted by Crippen LogP contribution is 2.32. The van der Waals surface area contributed by atoms with Gasteiger partial charge < -0.3 is 4.57 Å². The summed E-state index contributed by atoms with van der Waals surface area (Å²) in [6.45, 7) is 1.65. The average molecular weight is 322 g/mol. The third-order valence-electron chi connectivity index (χ3n) is 5.42. The van der Waals surface area contributed by atoms with Gasteiger partial charge in [0.15, 0.2) is 0 Å². The predicted molar refractivity (Wildman–Crippen MR) is 91.7 cm³/mol. The zero-order valence-corrected chi connectivity index (χ0v) is 13.7. The molecule has 2 heterocycles. The van der Waals surface area contributed by atoms with Gasteiger partial charge in [-0.2, -0.15) is 0 Å². The van der Waals surface area contributed by atoms with E-state index >= 15 is 0 Å². The van der Waals surface area contributed by atoms with Crippen LogP contribution in [0.25, 0.3) is 0 Å². The van der Waals surface area contributed by atoms with Crippen molar-refractivity contribution in [2.24, 2.45) is 11.8 Å². The Morgan fingerprint density at radius 2 is 1.25 bits per heavy atom. The topological polar surface area (TPSA) is 42.3 Å². The Balaban J connectivity index is 1.35. The molecule has 1 fully saturated rings. The Bertz CT molecular complexity index is 708. The minimum atomic E-state index is -0.120. The SMILES string of the molecule is O=C1c2ccccc2C(=O)N1CC1CCC(Cn2cccc2)CC1. The Hall–Kier alpha value is -2.36. The van der Waals surface area contributed by atoms with Crippen molar-refractivity contribution in [2.75, 3.05) is 6.54 Å². The van der Waals surface area contributed by atoms with Crippen molar-refractivity contribution in [3.63, 3.8) is 0 Å². The Labute approximate surface area is 142 Å². The van der Waals surface area contributed by atoms with E-state index in [1.807, 2.05) is 12.1 Å². The van der Waals surface area contributed by atoms with E-state index in [1.54, 1.807) is 12.1 Å². The first-order valence-electron chi connectivity index (χ1n) is 8.78. The minimum absolute atomic E-state index is 0.120. The third-order valence-corrected chi connectivity index (χ3v) is 5.42. The number of nitrogens with zero attached hydrogens (tertiary/aromatic N) is 2. The Morgan fingerprint density at radius 1 is 0.750 bits per heavy atom. The molecule has 4 heteroatoms. The van der Waals surface area contributed by atoms with Crippen LogP contribution in [0.4, 0.5) is 0 Å². The summed E-state index contributed by atoms with van der Waals surface area (Å²) in [6.07, 6.45) is 8.77. The molecule has 0 N–H and O–H groups in total. The zero-order chi connectivity index (χ0) is 16.5. The number of imide groups is 1. The van der Waals surface area contributed by atoms with E-state index in [0.29, 0.717) is 29.5 Å². The first-order chi connectivity index (χ1) is 11.7. The normalized spacial score (nSPS) is 23.6. The molecule has 4 rings (SSSR count). The van der Waals surface area contributed by atoms with E-state index < -0.39 is 0 Å². The van der Waals surface area contributed by atoms with E-state index in [1.165, 1.54) is 17.7 Å². The van der Waals surface area contributed by atoms with Crippen LogP contribution in [0.15, 0.2) is 48.8 Å². The number of carbonyl (C=O) groups is 2. The molecule has 0 bridgehead atoms. The fraction of sp³-hybridized carbons (Fsp3) is 0.400. The molecule has 2 aromatic rings. The zero-order valence-electron chi connectivity index (χ0n) is 13.7. The maximum absolute atomic E-state index is 12.5. The maximum atomic E-state index is 12.5. The average Bonchev–Trinajstić information content (AvgIpc) is 3.20. The molecule has 124 valence electrons. The molecule has 1 aliphatic carbocycles. The molecule has 4 nitrogen and oxygen atoms in total. The summed E-state index contributed by atoms with van der Waals surface area (Å²) < 4.78 is 2.25. The molecule has 24 heavy (non-hydrogen) atoms. The molecular weight excluding hydrogens is 300 g/mol. The molecule has 1 saturated carbocycles. The number of hydrogen-bond acceptors (Lipinski definition) is 2. The molecule has 2 aliphatic rings. The van der Waals surface area contributed by atoms with Crippen molar-refractivity contribution in [2.45, 2.75) is 32.2 Å². The quantitative estimate of drug-likeness (QED) is 0.807. The van der Waals surface area contributed by atoms with Gasteiger partial charge in [0.25, 0.3) is 11.8 Å². The van der Waals surface area contributed by atoms with Crippen molar-refractivity contribution in [1.82, 2.24) is 9.47 Å². The molecule has 1 aromatic carbocycles. The first kappa shape index (κ1) is 15.2. The molecule has 0 spiro atoms. The summed E-state index contributed by atoms with van der Waals surface area (Å²) in [7, 11) is 0. The Kier molecular flexibility index (Phi) is 3.97. The lowest BCUT2D eigenvalue weighted by Gasteiger charge is -2.30. The van der Waals surface area contributed by atoms with Crippen LogP contribution in [0.3, 0.4) is 0 Å². The van der Waals surface area contributed by atoms with E-state index in [2.05, 4.69) is 29.1 Å². The fourth-order valence-corrected chi connectivity index (χ4v) is 4.05. The molecule has 1 aliphatic heterocycles. The summed E-state index contributed by atoms with van der Waals surface area (Å²) in [5.41, 5.74) is 1.12. The monoisotopic (exact) mass is 322 g/mol. The molecule has 0 atom stereocenters. The van der Waals surface area contributed by atoms with Gasteiger partial charge >= 0.3 is 0 Å². The van der Waals surface area contributed by atoms with Gasteiger partial charge in [0, 0.05) is 25.5 Å². The van der Waals surface area contributed by atoms with Gasteiger partial charge in [0.2, 0.25) is 0 Å². The summed E-state index contributed by atoms with van der Waals surface area (Å²) in [5, 5.41) is 0. The highest BCUT2D eigenvalue weighted by molar-refractivity contribution is 6.21. The van der Waals surface area contributed by atoms with Crippen LogP contribution in [0, 0.1) is 11.8 Å². The van der Waals surface area contributed by atoms with Gasteiger partial charge in [0.1, 0.15) is 0 Å². The van der Waals surface area contributed by atoms with Crippen LogP contribution < -0.4 is 0 Å². The Morgan fingerprint density at radius 3 is 1.79 bits per heavy atom. The van der Waals surface area contributed by atoms with Crippen molar-refractivity contribution in [3.8, 4) is 0 Å². The van der Waals surface area contributed by atoms with Crippen LogP contribution in [0.2, 0.25) is 0 Å². The first-order valence-corrected chi connectivity index (χ1v) is 8.78. The predicted octanol–water partition coefficient (Wildman–Crippen LogP) is 3.59. The molecule has 0 unspecified atom stereocenters. The van der Waals surface area contributed by atoms with Crippen LogP contribution >= 0.6 is 0 Å². The number of carbonyl (C=O) groups excluding carboxylic acids is 2. The molecule has 2 amide bonds. The molecule has 1 aromatic heterocycles. The smallest absolute Gasteiger partial charge is 0.261 e. The summed E-state index contributed by atoms with van der Waals surface area (Å²) in [6, 6.07) is 11.3. The van der Waals surface area contributed by atoms with Crippen molar-refractivity contribution in [1.29, 1.82) is 0 Å². The van der Waals surface area contributed by atoms with E-state index in [0.717, 1.165) is 19.4 Å². The van der Waals surface area contributed by atoms with E-state index in [9.17, 15) is 9.59 Å². The molecular formula is C20H22N2O2. The second kappa shape index (κ2) is 6.27. The van der Waals surface area contributed by atoms with Gasteiger partial charge in [-0.05, 0) is 61.8 Å². The summed E-state index contributed by atoms with van der Waals surface area (Å²) in [4.78, 5) is 26.4. The minimum Gasteiger partial charge on any atom is -0.354 e. The lowest BCUT2D eigenvalue weighted by atomic mass is 9.81. The third kappa shape index (κ3) is 2.77. The lowest BCUT2D eigenvalue weighted by molar-refractivity contribution is 0.0608. The van der Waals surface area contributed by atoms with E-state index in [-0.39, 0.29) is 11.8 Å². The van der Waals surface area contributed by atoms with Gasteiger partial charge in [-0.3, -0.25) is 14.5 Å². The number of benzene rings is 1. The lowest BCUT2D eigenvalue weighted by Crippen LogP contribution is -2.36. The van der Waals surface area contributed by atoms with E-state index in [4.69, 9.17) is 0 Å². The van der Waals surface area contributed by atoms with Gasteiger partial charge in [-0.15, -0.1) is 0 Å². The molecule has 0 radical (unpaired) electrons. The van der Waals surface area contributed by atoms with Crippen LogP contribution in [0.5, 0.6) is 0 Å². The molecule has 0 saturated heterocycles. The summed E-state index contributed by atoms with van der Waals surface area (Å²) >= 11 is 0. The van der Waals surface area contributed by atoms with Crippen molar-refractivity contribution >= 4 is 11.8 Å². The number of rotatable bonds is 4. The highest BCUT2D eigenvalue weighted by atomic mass is 16.2. The van der Waals surface area contributed by atoms with Crippen LogP contribution in [-0.2, 0) is 6.54 Å².